The Labute approximate surface area is 126 Å². The molecule has 0 saturated heterocycles. The molecule has 0 bridgehead atoms. The number of fused-ring (bicyclic) bond motifs is 1. The van der Waals surface area contributed by atoms with Gasteiger partial charge in [-0.25, -0.2) is 4.98 Å². The largest absolute Gasteiger partial charge is 0.378 e. The Morgan fingerprint density at radius 3 is 2.70 bits per heavy atom. The van der Waals surface area contributed by atoms with Gasteiger partial charge in [0.1, 0.15) is 5.82 Å². The second kappa shape index (κ2) is 4.94. The van der Waals surface area contributed by atoms with E-state index in [1.165, 1.54) is 11.3 Å². The van der Waals surface area contributed by atoms with Crippen molar-refractivity contribution in [2.24, 2.45) is 0 Å². The van der Waals surface area contributed by atoms with Crippen LogP contribution in [0.5, 0.6) is 0 Å². The SMILES string of the molecule is Cc1cc(Br)cc2[nH]c(-c3cccc(N(C)C)c3)nc12. The zero-order chi connectivity index (χ0) is 14.3. The van der Waals surface area contributed by atoms with Crippen LogP contribution in [0, 0.1) is 6.92 Å². The third-order valence-electron chi connectivity index (χ3n) is 3.38. The standard InChI is InChI=1S/C16H16BrN3/c1-10-7-12(17)9-14-15(10)19-16(18-14)11-5-4-6-13(8-11)20(2)3/h4-9H,1-3H3,(H,18,19). The highest BCUT2D eigenvalue weighted by atomic mass is 79.9. The maximum atomic E-state index is 4.73. The summed E-state index contributed by atoms with van der Waals surface area (Å²) in [5.74, 6) is 0.907. The first kappa shape index (κ1) is 13.2. The molecule has 3 aromatic rings. The first-order valence-electron chi connectivity index (χ1n) is 6.48. The molecule has 1 N–H and O–H groups in total. The van der Waals surface area contributed by atoms with Crippen molar-refractivity contribution < 1.29 is 0 Å². The van der Waals surface area contributed by atoms with Crippen molar-refractivity contribution in [3.63, 3.8) is 0 Å². The van der Waals surface area contributed by atoms with E-state index in [0.29, 0.717) is 0 Å². The molecule has 20 heavy (non-hydrogen) atoms. The maximum Gasteiger partial charge on any atom is 0.138 e. The van der Waals surface area contributed by atoms with Crippen LogP contribution in [0.4, 0.5) is 5.69 Å². The van der Waals surface area contributed by atoms with Crippen LogP contribution in [-0.4, -0.2) is 24.1 Å². The number of imidazole rings is 1. The molecule has 4 heteroatoms. The molecule has 0 aliphatic heterocycles. The molecule has 0 unspecified atom stereocenters. The molecule has 2 aromatic carbocycles. The van der Waals surface area contributed by atoms with Crippen LogP contribution >= 0.6 is 15.9 Å². The number of benzene rings is 2. The number of hydrogen-bond acceptors (Lipinski definition) is 2. The lowest BCUT2D eigenvalue weighted by Gasteiger charge is -2.12. The minimum Gasteiger partial charge on any atom is -0.378 e. The van der Waals surface area contributed by atoms with Crippen molar-refractivity contribution in [3.8, 4) is 11.4 Å². The van der Waals surface area contributed by atoms with Crippen LogP contribution in [0.25, 0.3) is 22.4 Å². The van der Waals surface area contributed by atoms with Gasteiger partial charge in [0.25, 0.3) is 0 Å². The van der Waals surface area contributed by atoms with Crippen LogP contribution in [0.15, 0.2) is 40.9 Å². The molecular weight excluding hydrogens is 314 g/mol. The van der Waals surface area contributed by atoms with Gasteiger partial charge in [0, 0.05) is 29.8 Å². The highest BCUT2D eigenvalue weighted by Crippen LogP contribution is 2.27. The molecule has 0 fully saturated rings. The number of aromatic amines is 1. The average molecular weight is 330 g/mol. The van der Waals surface area contributed by atoms with Gasteiger partial charge in [0.2, 0.25) is 0 Å². The number of halogens is 1. The van der Waals surface area contributed by atoms with Crippen molar-refractivity contribution in [2.45, 2.75) is 6.92 Å². The van der Waals surface area contributed by atoms with Gasteiger partial charge >= 0.3 is 0 Å². The summed E-state index contributed by atoms with van der Waals surface area (Å²) in [5.41, 5.74) is 5.52. The molecule has 1 aromatic heterocycles. The van der Waals surface area contributed by atoms with Crippen molar-refractivity contribution in [2.75, 3.05) is 19.0 Å². The summed E-state index contributed by atoms with van der Waals surface area (Å²) in [5, 5.41) is 0. The van der Waals surface area contributed by atoms with Crippen LogP contribution < -0.4 is 4.90 Å². The lowest BCUT2D eigenvalue weighted by molar-refractivity contribution is 1.13. The van der Waals surface area contributed by atoms with Gasteiger partial charge in [-0.3, -0.25) is 0 Å². The average Bonchev–Trinajstić information content (AvgIpc) is 2.83. The fourth-order valence-corrected chi connectivity index (χ4v) is 2.89. The molecule has 0 aliphatic rings. The first-order valence-corrected chi connectivity index (χ1v) is 7.27. The van der Waals surface area contributed by atoms with Gasteiger partial charge in [-0.05, 0) is 36.8 Å². The van der Waals surface area contributed by atoms with Gasteiger partial charge in [-0.1, -0.05) is 28.1 Å². The van der Waals surface area contributed by atoms with E-state index in [0.717, 1.165) is 26.9 Å². The van der Waals surface area contributed by atoms with E-state index < -0.39 is 0 Å². The highest BCUT2D eigenvalue weighted by molar-refractivity contribution is 9.10. The fraction of sp³-hybridized carbons (Fsp3) is 0.188. The van der Waals surface area contributed by atoms with Gasteiger partial charge < -0.3 is 9.88 Å². The van der Waals surface area contributed by atoms with Crippen LogP contribution in [-0.2, 0) is 0 Å². The maximum absolute atomic E-state index is 4.73. The second-order valence-corrected chi connectivity index (χ2v) is 6.06. The summed E-state index contributed by atoms with van der Waals surface area (Å²) in [6.07, 6.45) is 0. The van der Waals surface area contributed by atoms with E-state index in [1.54, 1.807) is 0 Å². The Kier molecular flexibility index (Phi) is 3.26. The number of nitrogens with zero attached hydrogens (tertiary/aromatic N) is 2. The smallest absolute Gasteiger partial charge is 0.138 e. The number of nitrogens with one attached hydrogen (secondary N) is 1. The third-order valence-corrected chi connectivity index (χ3v) is 3.84. The first-order chi connectivity index (χ1) is 9.54. The zero-order valence-corrected chi connectivity index (χ0v) is 13.3. The molecule has 3 nitrogen and oxygen atoms in total. The topological polar surface area (TPSA) is 31.9 Å². The Morgan fingerprint density at radius 1 is 1.15 bits per heavy atom. The summed E-state index contributed by atoms with van der Waals surface area (Å²) in [4.78, 5) is 10.2. The minimum absolute atomic E-state index is 0.907. The van der Waals surface area contributed by atoms with E-state index in [4.69, 9.17) is 4.98 Å². The Balaban J connectivity index is 2.15. The molecule has 0 atom stereocenters. The van der Waals surface area contributed by atoms with E-state index in [-0.39, 0.29) is 0 Å². The summed E-state index contributed by atoms with van der Waals surface area (Å²) in [6.45, 7) is 2.08. The summed E-state index contributed by atoms with van der Waals surface area (Å²) in [7, 11) is 4.08. The summed E-state index contributed by atoms with van der Waals surface area (Å²) in [6, 6.07) is 12.5. The molecular formula is C16H16BrN3. The molecule has 0 amide bonds. The van der Waals surface area contributed by atoms with Crippen LogP contribution in [0.1, 0.15) is 5.56 Å². The van der Waals surface area contributed by atoms with Gasteiger partial charge in [-0.15, -0.1) is 0 Å². The quantitative estimate of drug-likeness (QED) is 0.757. The van der Waals surface area contributed by atoms with Crippen molar-refractivity contribution >= 4 is 32.7 Å². The number of rotatable bonds is 2. The number of hydrogen-bond donors (Lipinski definition) is 1. The van der Waals surface area contributed by atoms with E-state index >= 15 is 0 Å². The fourth-order valence-electron chi connectivity index (χ4n) is 2.31. The summed E-state index contributed by atoms with van der Waals surface area (Å²) >= 11 is 3.52. The summed E-state index contributed by atoms with van der Waals surface area (Å²) < 4.78 is 1.07. The van der Waals surface area contributed by atoms with E-state index in [9.17, 15) is 0 Å². The lowest BCUT2D eigenvalue weighted by Crippen LogP contribution is -2.08. The molecule has 102 valence electrons. The normalized spacial score (nSPS) is 11.0. The zero-order valence-electron chi connectivity index (χ0n) is 11.7. The molecule has 0 aliphatic carbocycles. The molecule has 3 rings (SSSR count). The second-order valence-electron chi connectivity index (χ2n) is 5.15. The number of H-pyrrole nitrogens is 1. The van der Waals surface area contributed by atoms with Gasteiger partial charge in [-0.2, -0.15) is 0 Å². The molecule has 0 spiro atoms. The van der Waals surface area contributed by atoms with Crippen molar-refractivity contribution in [1.29, 1.82) is 0 Å². The Bertz CT molecular complexity index is 774. The van der Waals surface area contributed by atoms with E-state index in [2.05, 4.69) is 69.1 Å². The highest BCUT2D eigenvalue weighted by Gasteiger charge is 2.09. The monoisotopic (exact) mass is 329 g/mol. The predicted octanol–water partition coefficient (Wildman–Crippen LogP) is 4.37. The van der Waals surface area contributed by atoms with Crippen LogP contribution in [0.2, 0.25) is 0 Å². The molecule has 0 radical (unpaired) electrons. The number of aromatic nitrogens is 2. The Hall–Kier alpha value is -1.81. The number of anilines is 1. The van der Waals surface area contributed by atoms with E-state index in [1.807, 2.05) is 14.1 Å². The lowest BCUT2D eigenvalue weighted by atomic mass is 10.2. The Morgan fingerprint density at radius 2 is 1.95 bits per heavy atom. The minimum atomic E-state index is 0.907. The van der Waals surface area contributed by atoms with Crippen molar-refractivity contribution in [1.82, 2.24) is 9.97 Å². The van der Waals surface area contributed by atoms with Gasteiger partial charge in [0.15, 0.2) is 0 Å². The molecule has 1 heterocycles. The molecule has 0 saturated carbocycles. The number of aryl methyl sites for hydroxylation is 1. The predicted molar refractivity (Wildman–Crippen MR) is 88.3 cm³/mol. The van der Waals surface area contributed by atoms with Gasteiger partial charge in [0.05, 0.1) is 11.0 Å². The van der Waals surface area contributed by atoms with Crippen LogP contribution in [0.3, 0.4) is 0 Å². The third kappa shape index (κ3) is 2.31. The van der Waals surface area contributed by atoms with Crippen molar-refractivity contribution in [3.05, 3.63) is 46.4 Å².